The molecule has 1 aromatic carbocycles. The molecule has 2 aromatic rings. The largest absolute Gasteiger partial charge is 0.479 e. The Morgan fingerprint density at radius 3 is 2.87 bits per heavy atom. The van der Waals surface area contributed by atoms with E-state index in [0.717, 1.165) is 17.7 Å². The Bertz CT molecular complexity index is 714. The summed E-state index contributed by atoms with van der Waals surface area (Å²) in [5.74, 6) is 0.381. The molecule has 1 aliphatic rings. The van der Waals surface area contributed by atoms with E-state index in [2.05, 4.69) is 15.3 Å². The van der Waals surface area contributed by atoms with Crippen molar-refractivity contribution >= 4 is 11.9 Å². The molecule has 6 heteroatoms. The van der Waals surface area contributed by atoms with Crippen LogP contribution < -0.4 is 10.1 Å². The highest BCUT2D eigenvalue weighted by molar-refractivity contribution is 5.68. The average molecular weight is 313 g/mol. The second-order valence-corrected chi connectivity index (χ2v) is 5.79. The maximum atomic E-state index is 10.7. The summed E-state index contributed by atoms with van der Waals surface area (Å²) >= 11 is 0. The Kier molecular flexibility index (Phi) is 4.41. The van der Waals surface area contributed by atoms with Gasteiger partial charge in [-0.1, -0.05) is 23.8 Å². The molecule has 0 amide bonds. The highest BCUT2D eigenvalue weighted by Gasteiger charge is 2.21. The first kappa shape index (κ1) is 15.3. The number of carboxylic acid groups (broad SMARTS) is 1. The number of aryl methyl sites for hydroxylation is 1. The van der Waals surface area contributed by atoms with Crippen LogP contribution in [0.2, 0.25) is 0 Å². The summed E-state index contributed by atoms with van der Waals surface area (Å²) in [4.78, 5) is 19.5. The molecule has 1 fully saturated rings. The zero-order valence-electron chi connectivity index (χ0n) is 13.0. The van der Waals surface area contributed by atoms with Crippen molar-refractivity contribution in [2.75, 3.05) is 18.5 Å². The lowest BCUT2D eigenvalue weighted by Crippen LogP contribution is -2.12. The molecule has 2 N–H and O–H groups in total. The van der Waals surface area contributed by atoms with Crippen LogP contribution in [0.25, 0.3) is 11.3 Å². The molecule has 1 saturated carbocycles. The number of aromatic nitrogens is 2. The average Bonchev–Trinajstić information content (AvgIpc) is 3.35. The van der Waals surface area contributed by atoms with Crippen LogP contribution in [0, 0.1) is 12.8 Å². The van der Waals surface area contributed by atoms with Gasteiger partial charge in [-0.05, 0) is 31.7 Å². The highest BCUT2D eigenvalue weighted by atomic mass is 16.5. The molecule has 1 heterocycles. The first-order valence-corrected chi connectivity index (χ1v) is 7.65. The third-order valence-electron chi connectivity index (χ3n) is 3.61. The lowest BCUT2D eigenvalue weighted by molar-refractivity contribution is -0.139. The summed E-state index contributed by atoms with van der Waals surface area (Å²) in [5, 5.41) is 12.0. The minimum Gasteiger partial charge on any atom is -0.479 e. The Morgan fingerprint density at radius 2 is 2.17 bits per heavy atom. The number of anilines is 1. The molecule has 0 atom stereocenters. The lowest BCUT2D eigenvalue weighted by atomic mass is 10.1. The molecule has 23 heavy (non-hydrogen) atoms. The summed E-state index contributed by atoms with van der Waals surface area (Å²) < 4.78 is 5.23. The maximum absolute atomic E-state index is 10.7. The summed E-state index contributed by atoms with van der Waals surface area (Å²) in [7, 11) is 0. The molecule has 0 aliphatic heterocycles. The van der Waals surface area contributed by atoms with E-state index in [9.17, 15) is 4.79 Å². The smallest absolute Gasteiger partial charge is 0.341 e. The lowest BCUT2D eigenvalue weighted by Gasteiger charge is -2.10. The zero-order valence-corrected chi connectivity index (χ0v) is 13.0. The van der Waals surface area contributed by atoms with E-state index < -0.39 is 12.6 Å². The van der Waals surface area contributed by atoms with Gasteiger partial charge in [0.2, 0.25) is 11.8 Å². The molecular formula is C17H19N3O3. The molecule has 0 radical (unpaired) electrons. The van der Waals surface area contributed by atoms with Gasteiger partial charge in [-0.25, -0.2) is 9.78 Å². The van der Waals surface area contributed by atoms with Crippen molar-refractivity contribution in [1.29, 1.82) is 0 Å². The van der Waals surface area contributed by atoms with E-state index in [1.54, 1.807) is 6.07 Å². The Morgan fingerprint density at radius 1 is 1.35 bits per heavy atom. The van der Waals surface area contributed by atoms with Crippen LogP contribution in [0.1, 0.15) is 18.4 Å². The van der Waals surface area contributed by atoms with Crippen molar-refractivity contribution in [1.82, 2.24) is 9.97 Å². The van der Waals surface area contributed by atoms with Crippen LogP contribution in [0.15, 0.2) is 30.3 Å². The van der Waals surface area contributed by atoms with E-state index in [1.165, 1.54) is 12.8 Å². The number of nitrogens with zero attached hydrogens (tertiary/aromatic N) is 2. The monoisotopic (exact) mass is 313 g/mol. The first-order chi connectivity index (χ1) is 11.1. The van der Waals surface area contributed by atoms with Gasteiger partial charge in [0.05, 0.1) is 5.69 Å². The predicted octanol–water partition coefficient (Wildman–Crippen LogP) is 2.74. The second kappa shape index (κ2) is 6.64. The van der Waals surface area contributed by atoms with Gasteiger partial charge in [-0.15, -0.1) is 0 Å². The van der Waals surface area contributed by atoms with Gasteiger partial charge in [0.1, 0.15) is 0 Å². The number of carboxylic acids is 1. The molecule has 3 rings (SSSR count). The van der Waals surface area contributed by atoms with E-state index in [-0.39, 0.29) is 5.88 Å². The number of hydrogen-bond donors (Lipinski definition) is 2. The molecule has 1 aliphatic carbocycles. The van der Waals surface area contributed by atoms with Gasteiger partial charge in [0, 0.05) is 18.2 Å². The number of hydrogen-bond acceptors (Lipinski definition) is 5. The molecule has 0 unspecified atom stereocenters. The van der Waals surface area contributed by atoms with Gasteiger partial charge in [0.15, 0.2) is 6.61 Å². The first-order valence-electron chi connectivity index (χ1n) is 7.65. The molecule has 0 bridgehead atoms. The maximum Gasteiger partial charge on any atom is 0.341 e. The number of ether oxygens (including phenoxy) is 1. The zero-order chi connectivity index (χ0) is 16.2. The van der Waals surface area contributed by atoms with Crippen molar-refractivity contribution < 1.29 is 14.6 Å². The van der Waals surface area contributed by atoms with Crippen LogP contribution in [-0.2, 0) is 4.79 Å². The quantitative estimate of drug-likeness (QED) is 0.817. The number of nitrogens with one attached hydrogen (secondary N) is 1. The van der Waals surface area contributed by atoms with E-state index in [0.29, 0.717) is 17.6 Å². The van der Waals surface area contributed by atoms with Crippen LogP contribution in [0.3, 0.4) is 0 Å². The van der Waals surface area contributed by atoms with Gasteiger partial charge < -0.3 is 15.2 Å². The minimum absolute atomic E-state index is 0.261. The van der Waals surface area contributed by atoms with Crippen molar-refractivity contribution in [2.24, 2.45) is 5.92 Å². The van der Waals surface area contributed by atoms with Gasteiger partial charge >= 0.3 is 5.97 Å². The van der Waals surface area contributed by atoms with Crippen LogP contribution in [0.4, 0.5) is 5.95 Å². The van der Waals surface area contributed by atoms with Gasteiger partial charge in [-0.3, -0.25) is 0 Å². The molecule has 0 saturated heterocycles. The summed E-state index contributed by atoms with van der Waals surface area (Å²) in [6.45, 7) is 2.42. The molecule has 120 valence electrons. The fourth-order valence-electron chi connectivity index (χ4n) is 2.22. The van der Waals surface area contributed by atoms with Gasteiger partial charge in [-0.2, -0.15) is 4.98 Å². The summed E-state index contributed by atoms with van der Waals surface area (Å²) in [6, 6.07) is 9.62. The molecule has 0 spiro atoms. The Labute approximate surface area is 134 Å². The predicted molar refractivity (Wildman–Crippen MR) is 86.5 cm³/mol. The fourth-order valence-corrected chi connectivity index (χ4v) is 2.22. The van der Waals surface area contributed by atoms with Crippen molar-refractivity contribution in [3.8, 4) is 17.1 Å². The molecular weight excluding hydrogens is 294 g/mol. The SMILES string of the molecule is Cc1cccc(-c2cc(OCC(=O)O)nc(NCC3CC3)n2)c1. The number of carbonyl (C=O) groups is 1. The molecule has 6 nitrogen and oxygen atoms in total. The van der Waals surface area contributed by atoms with Crippen LogP contribution in [-0.4, -0.2) is 34.2 Å². The topological polar surface area (TPSA) is 84.3 Å². The second-order valence-electron chi connectivity index (χ2n) is 5.79. The number of benzene rings is 1. The third-order valence-corrected chi connectivity index (χ3v) is 3.61. The van der Waals surface area contributed by atoms with Crippen LogP contribution in [0.5, 0.6) is 5.88 Å². The summed E-state index contributed by atoms with van der Waals surface area (Å²) in [5.41, 5.74) is 2.78. The van der Waals surface area contributed by atoms with Crippen molar-refractivity contribution in [2.45, 2.75) is 19.8 Å². The third kappa shape index (κ3) is 4.42. The van der Waals surface area contributed by atoms with Crippen LogP contribution >= 0.6 is 0 Å². The number of rotatable bonds is 7. The van der Waals surface area contributed by atoms with E-state index >= 15 is 0 Å². The molecule has 1 aromatic heterocycles. The highest BCUT2D eigenvalue weighted by Crippen LogP contribution is 2.29. The van der Waals surface area contributed by atoms with E-state index in [1.807, 2.05) is 31.2 Å². The van der Waals surface area contributed by atoms with Gasteiger partial charge in [0.25, 0.3) is 0 Å². The fraction of sp³-hybridized carbons (Fsp3) is 0.353. The normalized spacial score (nSPS) is 13.6. The Hall–Kier alpha value is -2.63. The number of aliphatic carboxylic acids is 1. The minimum atomic E-state index is -1.03. The van der Waals surface area contributed by atoms with Crippen molar-refractivity contribution in [3.63, 3.8) is 0 Å². The van der Waals surface area contributed by atoms with E-state index in [4.69, 9.17) is 9.84 Å². The standard InChI is InChI=1S/C17H19N3O3/c1-11-3-2-4-13(7-11)14-8-15(23-10-16(21)22)20-17(19-14)18-9-12-5-6-12/h2-4,7-8,12H,5-6,9-10H2,1H3,(H,21,22)(H,18,19,20). The summed E-state index contributed by atoms with van der Waals surface area (Å²) in [6.07, 6.45) is 2.46. The Balaban J connectivity index is 1.87. The van der Waals surface area contributed by atoms with Crippen molar-refractivity contribution in [3.05, 3.63) is 35.9 Å².